The van der Waals surface area contributed by atoms with Gasteiger partial charge in [-0.3, -0.25) is 23.9 Å². The second kappa shape index (κ2) is 10.4. The van der Waals surface area contributed by atoms with Gasteiger partial charge in [0.1, 0.15) is 23.3 Å². The van der Waals surface area contributed by atoms with Crippen LogP contribution in [0, 0.1) is 12.7 Å². The highest BCUT2D eigenvalue weighted by molar-refractivity contribution is 6.34. The van der Waals surface area contributed by atoms with Crippen LogP contribution in [0.15, 0.2) is 54.0 Å². The number of pyridine rings is 3. The van der Waals surface area contributed by atoms with Gasteiger partial charge < -0.3 is 19.8 Å². The maximum atomic E-state index is 15.2. The third-order valence-corrected chi connectivity index (χ3v) is 9.35. The molecule has 1 N–H and O–H groups in total. The summed E-state index contributed by atoms with van der Waals surface area (Å²) in [5, 5.41) is 11.2. The number of piperazine rings is 1. The first-order valence-corrected chi connectivity index (χ1v) is 15.1. The number of likely N-dealkylation sites (N-methyl/N-ethyl adjacent to an activating group) is 1. The van der Waals surface area contributed by atoms with E-state index in [1.807, 2.05) is 18.7 Å². The van der Waals surface area contributed by atoms with E-state index >= 15 is 4.39 Å². The largest absolute Gasteiger partial charge is 0.507 e. The average Bonchev–Trinajstić information content (AvgIpc) is 3.85. The van der Waals surface area contributed by atoms with Crippen molar-refractivity contribution in [2.24, 2.45) is 0 Å². The first kappa shape index (κ1) is 29.0. The predicted molar refractivity (Wildman–Crippen MR) is 170 cm³/mol. The van der Waals surface area contributed by atoms with Crippen LogP contribution < -0.4 is 15.4 Å². The van der Waals surface area contributed by atoms with Gasteiger partial charge in [0.15, 0.2) is 5.65 Å². The minimum Gasteiger partial charge on any atom is -0.507 e. The second-order valence-electron chi connectivity index (χ2n) is 11.9. The lowest BCUT2D eigenvalue weighted by Gasteiger charge is -2.49. The standard InChI is InChI=1S/C33H30ClFN6O4/c1-5-24(43)39-15-22-32(44)38(4)30-29(40(22)14-17(39)3)19-13-20(34)27(25-21(35)7-6-8-23(25)42)37-31(19)41(33(30)45)28-16(2)11-12-36-26(28)18-9-10-18/h5-8,11-13,17-18,22,42H,1,9-10,14-15H2,2-4H3/t17-,22-/m1/s1. The Labute approximate surface area is 263 Å². The molecule has 12 heteroatoms. The predicted octanol–water partition coefficient (Wildman–Crippen LogP) is 4.70. The number of hydrogen-bond donors (Lipinski definition) is 1. The SMILES string of the molecule is C=CC(=O)N1C[C@@H]2C(=O)N(C)c3c(c4cc(Cl)c(-c5c(O)cccc5F)nc4n(-c4c(C)ccnc4C4CC4)c3=O)N2C[C@H]1C. The molecular formula is C33H30ClFN6O4. The molecule has 0 radical (unpaired) electrons. The lowest BCUT2D eigenvalue weighted by molar-refractivity contribution is -0.130. The van der Waals surface area contributed by atoms with E-state index in [9.17, 15) is 19.5 Å². The Kier molecular flexibility index (Phi) is 6.70. The van der Waals surface area contributed by atoms with E-state index in [1.165, 1.54) is 33.7 Å². The van der Waals surface area contributed by atoms with Crippen LogP contribution in [0.4, 0.5) is 15.8 Å². The summed E-state index contributed by atoms with van der Waals surface area (Å²) in [6.45, 7) is 7.70. The van der Waals surface area contributed by atoms with Gasteiger partial charge in [-0.1, -0.05) is 24.2 Å². The first-order valence-electron chi connectivity index (χ1n) is 14.7. The van der Waals surface area contributed by atoms with Crippen molar-refractivity contribution in [1.29, 1.82) is 0 Å². The number of nitrogens with zero attached hydrogens (tertiary/aromatic N) is 6. The molecule has 230 valence electrons. The number of anilines is 2. The van der Waals surface area contributed by atoms with Gasteiger partial charge in [0.25, 0.3) is 11.5 Å². The van der Waals surface area contributed by atoms with Crippen molar-refractivity contribution in [1.82, 2.24) is 19.4 Å². The van der Waals surface area contributed by atoms with Gasteiger partial charge in [-0.05, 0) is 62.6 Å². The van der Waals surface area contributed by atoms with E-state index in [-0.39, 0.29) is 70.2 Å². The molecule has 2 amide bonds. The molecular weight excluding hydrogens is 599 g/mol. The zero-order valence-electron chi connectivity index (χ0n) is 24.9. The summed E-state index contributed by atoms with van der Waals surface area (Å²) < 4.78 is 16.6. The lowest BCUT2D eigenvalue weighted by atomic mass is 9.98. The van der Waals surface area contributed by atoms with Crippen molar-refractivity contribution in [3.8, 4) is 22.7 Å². The monoisotopic (exact) mass is 628 g/mol. The van der Waals surface area contributed by atoms with Crippen LogP contribution in [-0.4, -0.2) is 68.6 Å². The second-order valence-corrected chi connectivity index (χ2v) is 12.3. The highest BCUT2D eigenvalue weighted by Gasteiger charge is 2.46. The highest BCUT2D eigenvalue weighted by Crippen LogP contribution is 2.46. The average molecular weight is 629 g/mol. The number of aromatic nitrogens is 3. The molecule has 10 nitrogen and oxygen atoms in total. The van der Waals surface area contributed by atoms with E-state index in [2.05, 4.69) is 11.6 Å². The van der Waals surface area contributed by atoms with E-state index in [0.717, 1.165) is 24.1 Å². The Morgan fingerprint density at radius 1 is 1.16 bits per heavy atom. The minimum atomic E-state index is -0.780. The van der Waals surface area contributed by atoms with E-state index < -0.39 is 17.4 Å². The molecule has 2 aliphatic heterocycles. The molecule has 1 saturated heterocycles. The quantitative estimate of drug-likeness (QED) is 0.326. The normalized spacial score (nSPS) is 19.5. The Morgan fingerprint density at radius 2 is 1.91 bits per heavy atom. The van der Waals surface area contributed by atoms with E-state index in [4.69, 9.17) is 16.6 Å². The van der Waals surface area contributed by atoms with Gasteiger partial charge in [0, 0.05) is 37.1 Å². The maximum Gasteiger partial charge on any atom is 0.283 e. The van der Waals surface area contributed by atoms with Crippen molar-refractivity contribution in [2.45, 2.75) is 44.7 Å². The first-order chi connectivity index (χ1) is 21.5. The number of aryl methyl sites for hydroxylation is 1. The smallest absolute Gasteiger partial charge is 0.283 e. The van der Waals surface area contributed by atoms with Crippen molar-refractivity contribution >= 4 is 45.8 Å². The highest BCUT2D eigenvalue weighted by atomic mass is 35.5. The fourth-order valence-corrected chi connectivity index (χ4v) is 6.93. The van der Waals surface area contributed by atoms with Gasteiger partial charge in [-0.25, -0.2) is 9.37 Å². The number of amides is 2. The molecule has 1 aromatic carbocycles. The molecule has 1 aliphatic carbocycles. The number of benzene rings is 1. The number of aromatic hydroxyl groups is 1. The summed E-state index contributed by atoms with van der Waals surface area (Å²) in [4.78, 5) is 55.7. The zero-order chi connectivity index (χ0) is 31.9. The fraction of sp³-hybridized carbons (Fsp3) is 0.303. The zero-order valence-corrected chi connectivity index (χ0v) is 25.7. The maximum absolute atomic E-state index is 15.2. The van der Waals surface area contributed by atoms with Crippen LogP contribution in [0.25, 0.3) is 28.0 Å². The van der Waals surface area contributed by atoms with Crippen LogP contribution in [0.5, 0.6) is 5.75 Å². The van der Waals surface area contributed by atoms with E-state index in [1.54, 1.807) is 30.3 Å². The molecule has 3 aromatic heterocycles. The van der Waals surface area contributed by atoms with Gasteiger partial charge >= 0.3 is 0 Å². The number of halogens is 2. The fourth-order valence-electron chi connectivity index (χ4n) is 6.69. The number of phenols is 1. The Bertz CT molecular complexity index is 2000. The number of carbonyl (C=O) groups excluding carboxylic acids is 2. The minimum absolute atomic E-state index is 0.0334. The molecule has 2 fully saturated rings. The molecule has 5 heterocycles. The molecule has 1 saturated carbocycles. The van der Waals surface area contributed by atoms with Crippen LogP contribution >= 0.6 is 11.6 Å². The third kappa shape index (κ3) is 4.32. The van der Waals surface area contributed by atoms with Crippen LogP contribution in [-0.2, 0) is 9.59 Å². The van der Waals surface area contributed by atoms with Crippen molar-refractivity contribution in [2.75, 3.05) is 29.9 Å². The van der Waals surface area contributed by atoms with E-state index in [0.29, 0.717) is 16.8 Å². The topological polar surface area (TPSA) is 112 Å². The number of rotatable bonds is 4. The van der Waals surface area contributed by atoms with Crippen molar-refractivity contribution in [3.63, 3.8) is 0 Å². The molecule has 7 rings (SSSR count). The Balaban J connectivity index is 1.59. The summed E-state index contributed by atoms with van der Waals surface area (Å²) in [6.07, 6.45) is 4.76. The summed E-state index contributed by atoms with van der Waals surface area (Å²) >= 11 is 6.83. The molecule has 3 aliphatic rings. The number of phenolic OH excluding ortho intramolecular Hbond substituents is 1. The van der Waals surface area contributed by atoms with Crippen LogP contribution in [0.2, 0.25) is 5.02 Å². The van der Waals surface area contributed by atoms with Crippen molar-refractivity contribution in [3.05, 3.63) is 81.6 Å². The van der Waals surface area contributed by atoms with Gasteiger partial charge in [-0.2, -0.15) is 0 Å². The Hall–Kier alpha value is -4.77. The molecule has 4 aromatic rings. The summed E-state index contributed by atoms with van der Waals surface area (Å²) in [6, 6.07) is 6.24. The molecule has 0 spiro atoms. The third-order valence-electron chi connectivity index (χ3n) is 9.06. The van der Waals surface area contributed by atoms with Gasteiger partial charge in [-0.15, -0.1) is 0 Å². The summed E-state index contributed by atoms with van der Waals surface area (Å²) in [5.74, 6) is -1.55. The number of hydrogen-bond acceptors (Lipinski definition) is 7. The Morgan fingerprint density at radius 3 is 2.60 bits per heavy atom. The molecule has 0 bridgehead atoms. The van der Waals surface area contributed by atoms with Gasteiger partial charge in [0.05, 0.1) is 39.9 Å². The number of carbonyl (C=O) groups is 2. The molecule has 0 unspecified atom stereocenters. The van der Waals surface area contributed by atoms with Crippen LogP contribution in [0.1, 0.15) is 36.9 Å². The number of fused-ring (bicyclic) bond motifs is 5. The lowest BCUT2D eigenvalue weighted by Crippen LogP contribution is -2.66. The molecule has 2 atom stereocenters. The van der Waals surface area contributed by atoms with Crippen LogP contribution in [0.3, 0.4) is 0 Å². The molecule has 45 heavy (non-hydrogen) atoms. The summed E-state index contributed by atoms with van der Waals surface area (Å²) in [5.41, 5.74) is 2.10. The van der Waals surface area contributed by atoms with Gasteiger partial charge in [0.2, 0.25) is 5.91 Å². The van der Waals surface area contributed by atoms with Crippen molar-refractivity contribution < 1.29 is 19.1 Å². The summed E-state index contributed by atoms with van der Waals surface area (Å²) in [7, 11) is 1.55.